The maximum atomic E-state index is 11.6. The zero-order valence-corrected chi connectivity index (χ0v) is 17.8. The van der Waals surface area contributed by atoms with Gasteiger partial charge in [-0.25, -0.2) is 4.79 Å². The first kappa shape index (κ1) is 20.8. The van der Waals surface area contributed by atoms with Crippen molar-refractivity contribution >= 4 is 22.9 Å². The fraction of sp³-hybridized carbons (Fsp3) is 0.320. The number of benzene rings is 2. The predicted octanol–water partition coefficient (Wildman–Crippen LogP) is 4.52. The highest BCUT2D eigenvalue weighted by molar-refractivity contribution is 5.97. The van der Waals surface area contributed by atoms with Crippen molar-refractivity contribution in [2.24, 2.45) is 11.7 Å². The summed E-state index contributed by atoms with van der Waals surface area (Å²) in [6.07, 6.45) is 1.38. The average Bonchev–Trinajstić information content (AvgIpc) is 3.54. The van der Waals surface area contributed by atoms with E-state index in [1.54, 1.807) is 0 Å². The number of aryl methyl sites for hydroxylation is 2. The first-order chi connectivity index (χ1) is 14.9. The Morgan fingerprint density at radius 3 is 2.55 bits per heavy atom. The van der Waals surface area contributed by atoms with Gasteiger partial charge in [-0.3, -0.25) is 9.78 Å². The van der Waals surface area contributed by atoms with Crippen molar-refractivity contribution in [3.8, 4) is 11.1 Å². The van der Waals surface area contributed by atoms with Crippen molar-refractivity contribution in [2.75, 3.05) is 0 Å². The zero-order chi connectivity index (χ0) is 22.1. The molecule has 0 radical (unpaired) electrons. The average molecular weight is 418 g/mol. The van der Waals surface area contributed by atoms with Crippen LogP contribution in [0.3, 0.4) is 0 Å². The van der Waals surface area contributed by atoms with Crippen molar-refractivity contribution in [2.45, 2.75) is 45.6 Å². The molecule has 2 unspecified atom stereocenters. The van der Waals surface area contributed by atoms with E-state index >= 15 is 0 Å². The van der Waals surface area contributed by atoms with Gasteiger partial charge in [-0.15, -0.1) is 0 Å². The lowest BCUT2D eigenvalue weighted by Gasteiger charge is -2.18. The highest BCUT2D eigenvalue weighted by Gasteiger charge is 2.42. The van der Waals surface area contributed by atoms with E-state index in [-0.39, 0.29) is 24.3 Å². The minimum absolute atomic E-state index is 0.110. The van der Waals surface area contributed by atoms with Gasteiger partial charge in [0.2, 0.25) is 5.91 Å². The Labute approximate surface area is 181 Å². The van der Waals surface area contributed by atoms with Crippen LogP contribution in [0.1, 0.15) is 48.1 Å². The monoisotopic (exact) mass is 417 g/mol. The summed E-state index contributed by atoms with van der Waals surface area (Å²) in [5.41, 5.74) is 12.4. The summed E-state index contributed by atoms with van der Waals surface area (Å²) in [4.78, 5) is 27.8. The lowest BCUT2D eigenvalue weighted by molar-refractivity contribution is -0.119. The summed E-state index contributed by atoms with van der Waals surface area (Å²) in [6, 6.07) is 14.4. The second-order valence-corrected chi connectivity index (χ2v) is 8.31. The first-order valence-electron chi connectivity index (χ1n) is 10.7. The molecule has 6 heteroatoms. The van der Waals surface area contributed by atoms with E-state index in [1.807, 2.05) is 19.1 Å². The molecule has 1 saturated carbocycles. The van der Waals surface area contributed by atoms with Crippen molar-refractivity contribution in [1.82, 2.24) is 10.3 Å². The standard InChI is InChI=1S/C25H27N3O3/c1-3-4-21-20(13-27-25(30)31)23(15-7-5-14(2)6-8-15)19-11-16(9-10-22(19)28-21)17-12-18(17)24(26)29/h5-11,17-18,27H,3-4,12-13H2,1-2H3,(H2,26,29)(H,30,31). The molecule has 0 aliphatic heterocycles. The molecule has 2 aromatic carbocycles. The quantitative estimate of drug-likeness (QED) is 0.525. The minimum Gasteiger partial charge on any atom is -0.465 e. The third kappa shape index (κ3) is 4.24. The fourth-order valence-electron chi connectivity index (χ4n) is 4.33. The van der Waals surface area contributed by atoms with Crippen LogP contribution in [0.25, 0.3) is 22.0 Å². The van der Waals surface area contributed by atoms with E-state index in [0.29, 0.717) is 0 Å². The SMILES string of the molecule is CCCc1nc2ccc(C3CC3C(N)=O)cc2c(-c2ccc(C)cc2)c1CNC(=O)O. The number of hydrogen-bond donors (Lipinski definition) is 3. The molecule has 4 rings (SSSR count). The Morgan fingerprint density at radius 2 is 1.94 bits per heavy atom. The van der Waals surface area contributed by atoms with Gasteiger partial charge < -0.3 is 16.2 Å². The third-order valence-electron chi connectivity index (χ3n) is 6.02. The summed E-state index contributed by atoms with van der Waals surface area (Å²) in [5, 5.41) is 12.7. The van der Waals surface area contributed by atoms with Crippen LogP contribution in [0.15, 0.2) is 42.5 Å². The summed E-state index contributed by atoms with van der Waals surface area (Å²) in [7, 11) is 0. The van der Waals surface area contributed by atoms with Gasteiger partial charge in [-0.1, -0.05) is 49.2 Å². The van der Waals surface area contributed by atoms with Crippen LogP contribution in [0.4, 0.5) is 4.79 Å². The van der Waals surface area contributed by atoms with Crippen LogP contribution in [-0.4, -0.2) is 22.1 Å². The van der Waals surface area contributed by atoms with Crippen LogP contribution < -0.4 is 11.1 Å². The molecule has 2 amide bonds. The Morgan fingerprint density at radius 1 is 1.19 bits per heavy atom. The van der Waals surface area contributed by atoms with Crippen molar-refractivity contribution in [3.05, 3.63) is 64.8 Å². The molecule has 4 N–H and O–H groups in total. The number of carboxylic acid groups (broad SMARTS) is 1. The minimum atomic E-state index is -1.06. The van der Waals surface area contributed by atoms with Crippen molar-refractivity contribution in [1.29, 1.82) is 0 Å². The van der Waals surface area contributed by atoms with E-state index in [4.69, 9.17) is 10.7 Å². The number of rotatable bonds is 7. The lowest BCUT2D eigenvalue weighted by Crippen LogP contribution is -2.22. The van der Waals surface area contributed by atoms with Gasteiger partial charge >= 0.3 is 6.09 Å². The molecular formula is C25H27N3O3. The molecule has 1 aliphatic rings. The van der Waals surface area contributed by atoms with Gasteiger partial charge in [0.15, 0.2) is 0 Å². The molecule has 1 aromatic heterocycles. The van der Waals surface area contributed by atoms with Gasteiger partial charge in [0.25, 0.3) is 0 Å². The van der Waals surface area contributed by atoms with Crippen molar-refractivity contribution in [3.63, 3.8) is 0 Å². The number of amides is 2. The number of nitrogens with one attached hydrogen (secondary N) is 1. The molecule has 0 saturated heterocycles. The number of pyridine rings is 1. The highest BCUT2D eigenvalue weighted by Crippen LogP contribution is 2.48. The smallest absolute Gasteiger partial charge is 0.404 e. The van der Waals surface area contributed by atoms with Gasteiger partial charge in [0.05, 0.1) is 5.52 Å². The lowest BCUT2D eigenvalue weighted by atomic mass is 9.91. The number of nitrogens with zero attached hydrogens (tertiary/aromatic N) is 1. The van der Waals surface area contributed by atoms with Crippen LogP contribution in [0.2, 0.25) is 0 Å². The summed E-state index contributed by atoms with van der Waals surface area (Å²) >= 11 is 0. The Balaban J connectivity index is 1.94. The number of fused-ring (bicyclic) bond motifs is 1. The molecule has 160 valence electrons. The maximum absolute atomic E-state index is 11.6. The molecule has 1 heterocycles. The van der Waals surface area contributed by atoms with Gasteiger partial charge in [0, 0.05) is 29.1 Å². The number of hydrogen-bond acceptors (Lipinski definition) is 3. The van der Waals surface area contributed by atoms with Gasteiger partial charge in [-0.2, -0.15) is 0 Å². The Bertz CT molecular complexity index is 1150. The summed E-state index contributed by atoms with van der Waals surface area (Å²) in [5.74, 6) is -0.226. The molecule has 0 bridgehead atoms. The van der Waals surface area contributed by atoms with Crippen LogP contribution in [-0.2, 0) is 17.8 Å². The molecule has 1 aliphatic carbocycles. The molecular weight excluding hydrogens is 390 g/mol. The van der Waals surface area contributed by atoms with E-state index in [0.717, 1.165) is 63.7 Å². The summed E-state index contributed by atoms with van der Waals surface area (Å²) < 4.78 is 0. The molecule has 2 atom stereocenters. The topological polar surface area (TPSA) is 105 Å². The van der Waals surface area contributed by atoms with E-state index in [9.17, 15) is 14.7 Å². The molecule has 3 aromatic rings. The normalized spacial score (nSPS) is 17.5. The summed E-state index contributed by atoms with van der Waals surface area (Å²) in [6.45, 7) is 4.32. The van der Waals surface area contributed by atoms with Gasteiger partial charge in [0.1, 0.15) is 0 Å². The van der Waals surface area contributed by atoms with Crippen LogP contribution in [0.5, 0.6) is 0 Å². The number of carbonyl (C=O) groups is 2. The molecule has 31 heavy (non-hydrogen) atoms. The Hall–Kier alpha value is -3.41. The van der Waals surface area contributed by atoms with Gasteiger partial charge in [-0.05, 0) is 54.5 Å². The second kappa shape index (κ2) is 8.38. The molecule has 1 fully saturated rings. The number of aromatic nitrogens is 1. The number of carbonyl (C=O) groups excluding carboxylic acids is 1. The molecule has 6 nitrogen and oxygen atoms in total. The fourth-order valence-corrected chi connectivity index (χ4v) is 4.33. The largest absolute Gasteiger partial charge is 0.465 e. The third-order valence-corrected chi connectivity index (χ3v) is 6.02. The van der Waals surface area contributed by atoms with E-state index < -0.39 is 6.09 Å². The number of nitrogens with two attached hydrogens (primary N) is 1. The molecule has 0 spiro atoms. The van der Waals surface area contributed by atoms with Crippen LogP contribution in [0, 0.1) is 12.8 Å². The maximum Gasteiger partial charge on any atom is 0.404 e. The Kier molecular flexibility index (Phi) is 5.63. The highest BCUT2D eigenvalue weighted by atomic mass is 16.4. The zero-order valence-electron chi connectivity index (χ0n) is 17.8. The van der Waals surface area contributed by atoms with E-state index in [2.05, 4.69) is 42.6 Å². The number of primary amides is 1. The van der Waals surface area contributed by atoms with E-state index in [1.165, 1.54) is 0 Å². The predicted molar refractivity (Wildman–Crippen MR) is 121 cm³/mol. The first-order valence-corrected chi connectivity index (χ1v) is 10.7. The second-order valence-electron chi connectivity index (χ2n) is 8.31. The van der Waals surface area contributed by atoms with Crippen LogP contribution >= 0.6 is 0 Å². The van der Waals surface area contributed by atoms with Crippen molar-refractivity contribution < 1.29 is 14.7 Å².